The van der Waals surface area contributed by atoms with Gasteiger partial charge >= 0.3 is 0 Å². The summed E-state index contributed by atoms with van der Waals surface area (Å²) in [5.74, 6) is -0.325. The molecule has 0 aliphatic rings. The summed E-state index contributed by atoms with van der Waals surface area (Å²) in [7, 11) is 6.21. The molecule has 1 rings (SSSR count). The highest BCUT2D eigenvalue weighted by Gasteiger charge is 2.19. The number of benzene rings is 1. The molecule has 6 nitrogen and oxygen atoms in total. The Labute approximate surface area is 112 Å². The lowest BCUT2D eigenvalue weighted by atomic mass is 10.1. The van der Waals surface area contributed by atoms with Gasteiger partial charge in [0.15, 0.2) is 0 Å². The Morgan fingerprint density at radius 1 is 1.26 bits per heavy atom. The van der Waals surface area contributed by atoms with E-state index in [2.05, 4.69) is 0 Å². The number of ether oxygens (including phenoxy) is 1. The lowest BCUT2D eigenvalue weighted by Gasteiger charge is -2.19. The van der Waals surface area contributed by atoms with Crippen LogP contribution in [0.15, 0.2) is 18.2 Å². The lowest BCUT2D eigenvalue weighted by Crippen LogP contribution is -2.37. The lowest BCUT2D eigenvalue weighted by molar-refractivity contribution is -0.129. The zero-order valence-electron chi connectivity index (χ0n) is 11.5. The molecule has 0 atom stereocenters. The van der Waals surface area contributed by atoms with Gasteiger partial charge in [-0.3, -0.25) is 9.59 Å². The minimum Gasteiger partial charge on any atom is -0.507 e. The van der Waals surface area contributed by atoms with E-state index in [1.807, 2.05) is 0 Å². The van der Waals surface area contributed by atoms with Gasteiger partial charge in [0.2, 0.25) is 5.91 Å². The smallest absolute Gasteiger partial charge is 0.257 e. The number of phenolic OH excluding ortho intramolecular Hbond substituents is 1. The first kappa shape index (κ1) is 14.8. The topological polar surface area (TPSA) is 70.1 Å². The van der Waals surface area contributed by atoms with Gasteiger partial charge in [-0.05, 0) is 12.1 Å². The number of carbonyl (C=O) groups is 2. The predicted octanol–water partition coefficient (Wildman–Crippen LogP) is 0.561. The van der Waals surface area contributed by atoms with Crippen LogP contribution in [-0.2, 0) is 4.79 Å². The number of nitrogens with zero attached hydrogens (tertiary/aromatic N) is 2. The van der Waals surface area contributed by atoms with Crippen molar-refractivity contribution in [2.24, 2.45) is 0 Å². The fourth-order valence-corrected chi connectivity index (χ4v) is 1.44. The summed E-state index contributed by atoms with van der Waals surface area (Å²) in [6.07, 6.45) is 0. The van der Waals surface area contributed by atoms with Crippen LogP contribution in [0.4, 0.5) is 0 Å². The van der Waals surface area contributed by atoms with E-state index >= 15 is 0 Å². The molecule has 0 radical (unpaired) electrons. The fraction of sp³-hybridized carbons (Fsp3) is 0.385. The van der Waals surface area contributed by atoms with E-state index in [-0.39, 0.29) is 23.8 Å². The van der Waals surface area contributed by atoms with E-state index in [9.17, 15) is 14.7 Å². The van der Waals surface area contributed by atoms with Crippen molar-refractivity contribution in [1.29, 1.82) is 0 Å². The Bertz CT molecular complexity index is 486. The standard InChI is InChI=1S/C13H18N2O4/c1-14(2)12(17)8-15(3)13(18)10-6-5-9(19-4)7-11(10)16/h5-7,16H,8H2,1-4H3. The van der Waals surface area contributed by atoms with Crippen molar-refractivity contribution in [3.8, 4) is 11.5 Å². The largest absolute Gasteiger partial charge is 0.507 e. The summed E-state index contributed by atoms with van der Waals surface area (Å²) in [6.45, 7) is -0.0443. The van der Waals surface area contributed by atoms with Crippen LogP contribution in [0.25, 0.3) is 0 Å². The zero-order valence-corrected chi connectivity index (χ0v) is 11.5. The van der Waals surface area contributed by atoms with E-state index in [1.54, 1.807) is 20.2 Å². The van der Waals surface area contributed by atoms with Gasteiger partial charge in [0, 0.05) is 27.2 Å². The second-order valence-electron chi connectivity index (χ2n) is 4.33. The maximum absolute atomic E-state index is 12.1. The van der Waals surface area contributed by atoms with Crippen molar-refractivity contribution in [2.75, 3.05) is 34.8 Å². The zero-order chi connectivity index (χ0) is 14.6. The van der Waals surface area contributed by atoms with Crippen molar-refractivity contribution >= 4 is 11.8 Å². The summed E-state index contributed by atoms with van der Waals surface area (Å²) in [4.78, 5) is 26.3. The number of aromatic hydroxyl groups is 1. The maximum atomic E-state index is 12.1. The number of hydrogen-bond donors (Lipinski definition) is 1. The molecule has 1 aromatic carbocycles. The number of rotatable bonds is 4. The molecule has 0 aromatic heterocycles. The number of amides is 2. The van der Waals surface area contributed by atoms with Crippen LogP contribution < -0.4 is 4.74 Å². The third kappa shape index (κ3) is 3.61. The second kappa shape index (κ2) is 6.08. The Balaban J connectivity index is 2.85. The van der Waals surface area contributed by atoms with Crippen molar-refractivity contribution in [3.05, 3.63) is 23.8 Å². The van der Waals surface area contributed by atoms with Gasteiger partial charge < -0.3 is 19.6 Å². The molecular weight excluding hydrogens is 248 g/mol. The average molecular weight is 266 g/mol. The summed E-state index contributed by atoms with van der Waals surface area (Å²) in [6, 6.07) is 4.40. The van der Waals surface area contributed by atoms with Crippen LogP contribution in [0.5, 0.6) is 11.5 Å². The van der Waals surface area contributed by atoms with Crippen molar-refractivity contribution in [3.63, 3.8) is 0 Å². The van der Waals surface area contributed by atoms with Crippen LogP contribution >= 0.6 is 0 Å². The molecule has 1 aromatic rings. The van der Waals surface area contributed by atoms with Crippen LogP contribution in [0.1, 0.15) is 10.4 Å². The maximum Gasteiger partial charge on any atom is 0.257 e. The number of methoxy groups -OCH3 is 1. The average Bonchev–Trinajstić information content (AvgIpc) is 2.37. The molecule has 0 unspecified atom stereocenters. The molecule has 0 spiro atoms. The highest BCUT2D eigenvalue weighted by molar-refractivity contribution is 5.98. The number of hydrogen-bond acceptors (Lipinski definition) is 4. The molecule has 1 N–H and O–H groups in total. The minimum atomic E-state index is -0.421. The van der Waals surface area contributed by atoms with E-state index in [0.29, 0.717) is 5.75 Å². The quantitative estimate of drug-likeness (QED) is 0.864. The highest BCUT2D eigenvalue weighted by Crippen LogP contribution is 2.24. The molecule has 0 saturated heterocycles. The predicted molar refractivity (Wildman–Crippen MR) is 70.3 cm³/mol. The first-order valence-electron chi connectivity index (χ1n) is 5.69. The van der Waals surface area contributed by atoms with Gasteiger partial charge in [-0.2, -0.15) is 0 Å². The van der Waals surface area contributed by atoms with Gasteiger partial charge in [-0.25, -0.2) is 0 Å². The molecule has 0 saturated carbocycles. The SMILES string of the molecule is COc1ccc(C(=O)N(C)CC(=O)N(C)C)c(O)c1. The van der Waals surface area contributed by atoms with Crippen LogP contribution in [-0.4, -0.2) is 61.5 Å². The summed E-state index contributed by atoms with van der Waals surface area (Å²) < 4.78 is 4.94. The molecule has 19 heavy (non-hydrogen) atoms. The van der Waals surface area contributed by atoms with Crippen molar-refractivity contribution < 1.29 is 19.4 Å². The van der Waals surface area contributed by atoms with E-state index in [0.717, 1.165) is 0 Å². The molecular formula is C13H18N2O4. The Morgan fingerprint density at radius 2 is 1.89 bits per heavy atom. The van der Waals surface area contributed by atoms with E-state index in [4.69, 9.17) is 4.74 Å². The van der Waals surface area contributed by atoms with Gasteiger partial charge in [0.1, 0.15) is 11.5 Å². The highest BCUT2D eigenvalue weighted by atomic mass is 16.5. The van der Waals surface area contributed by atoms with Crippen LogP contribution in [0, 0.1) is 0 Å². The second-order valence-corrected chi connectivity index (χ2v) is 4.33. The normalized spacial score (nSPS) is 9.89. The molecule has 0 fully saturated rings. The summed E-state index contributed by atoms with van der Waals surface area (Å²) >= 11 is 0. The van der Waals surface area contributed by atoms with Gasteiger partial charge in [0.05, 0.1) is 19.2 Å². The molecule has 2 amide bonds. The summed E-state index contributed by atoms with van der Waals surface area (Å²) in [5.41, 5.74) is 0.134. The van der Waals surface area contributed by atoms with Gasteiger partial charge in [-0.1, -0.05) is 0 Å². The Morgan fingerprint density at radius 3 is 2.37 bits per heavy atom. The Hall–Kier alpha value is -2.24. The molecule has 104 valence electrons. The van der Waals surface area contributed by atoms with Gasteiger partial charge in [0.25, 0.3) is 5.91 Å². The fourth-order valence-electron chi connectivity index (χ4n) is 1.44. The van der Waals surface area contributed by atoms with Crippen LogP contribution in [0.2, 0.25) is 0 Å². The van der Waals surface area contributed by atoms with Crippen LogP contribution in [0.3, 0.4) is 0 Å². The molecule has 6 heteroatoms. The molecule has 0 heterocycles. The number of carbonyl (C=O) groups excluding carboxylic acids is 2. The minimum absolute atomic E-state index is 0.0443. The third-order valence-corrected chi connectivity index (χ3v) is 2.65. The third-order valence-electron chi connectivity index (χ3n) is 2.65. The molecule has 0 aliphatic heterocycles. The van der Waals surface area contributed by atoms with E-state index < -0.39 is 5.91 Å². The van der Waals surface area contributed by atoms with Gasteiger partial charge in [-0.15, -0.1) is 0 Å². The van der Waals surface area contributed by atoms with Crippen molar-refractivity contribution in [2.45, 2.75) is 0 Å². The van der Waals surface area contributed by atoms with Crippen molar-refractivity contribution in [1.82, 2.24) is 9.80 Å². The molecule has 0 aliphatic carbocycles. The monoisotopic (exact) mass is 266 g/mol. The number of likely N-dealkylation sites (N-methyl/N-ethyl adjacent to an activating group) is 2. The number of phenols is 1. The molecule has 0 bridgehead atoms. The van der Waals surface area contributed by atoms with E-state index in [1.165, 1.54) is 36.1 Å². The first-order chi connectivity index (χ1) is 8.86. The summed E-state index contributed by atoms with van der Waals surface area (Å²) in [5, 5.41) is 9.76. The Kier molecular flexibility index (Phi) is 4.74. The first-order valence-corrected chi connectivity index (χ1v) is 5.69.